The predicted octanol–water partition coefficient (Wildman–Crippen LogP) is 1.35. The molecule has 0 saturated carbocycles. The van der Waals surface area contributed by atoms with E-state index in [1.165, 1.54) is 0 Å². The molecule has 1 aromatic heterocycles. The molecule has 1 aliphatic rings. The molecule has 2 heterocycles. The van der Waals surface area contributed by atoms with Gasteiger partial charge in [-0.3, -0.25) is 14.9 Å². The molecular formula is C16H19NO3. The lowest BCUT2D eigenvalue weighted by molar-refractivity contribution is -0.134. The highest BCUT2D eigenvalue weighted by molar-refractivity contribution is 6.00. The molecule has 0 aromatic carbocycles. The Kier molecular flexibility index (Phi) is 4.23. The second-order valence-corrected chi connectivity index (χ2v) is 5.13. The topological polar surface area (TPSA) is 59.3 Å². The van der Waals surface area contributed by atoms with Gasteiger partial charge < -0.3 is 4.42 Å². The molecule has 2 rings (SSSR count). The largest absolute Gasteiger partial charge is 0.464 e. The van der Waals surface area contributed by atoms with Crippen molar-refractivity contribution < 1.29 is 14.0 Å². The van der Waals surface area contributed by atoms with E-state index in [0.717, 1.165) is 21.8 Å². The Bertz CT molecular complexity index is 675. The first kappa shape index (κ1) is 14.3. The van der Waals surface area contributed by atoms with Crippen LogP contribution in [0.3, 0.4) is 0 Å². The Morgan fingerprint density at radius 3 is 2.75 bits per heavy atom. The van der Waals surface area contributed by atoms with Crippen molar-refractivity contribution in [1.82, 2.24) is 5.32 Å². The highest BCUT2D eigenvalue weighted by atomic mass is 16.3. The molecule has 1 N–H and O–H groups in total. The predicted molar refractivity (Wildman–Crippen MR) is 77.1 cm³/mol. The number of rotatable bonds is 2. The Hall–Kier alpha value is -2.10. The van der Waals surface area contributed by atoms with Crippen LogP contribution in [0.1, 0.15) is 45.1 Å². The fourth-order valence-corrected chi connectivity index (χ4v) is 2.39. The number of hydrogen-bond acceptors (Lipinski definition) is 3. The zero-order valence-electron chi connectivity index (χ0n) is 12.0. The molecule has 0 radical (unpaired) electrons. The van der Waals surface area contributed by atoms with E-state index in [0.29, 0.717) is 12.8 Å². The maximum Gasteiger partial charge on any atom is 0.234 e. The van der Waals surface area contributed by atoms with Gasteiger partial charge in [-0.25, -0.2) is 0 Å². The molecule has 0 bridgehead atoms. The zero-order chi connectivity index (χ0) is 14.7. The van der Waals surface area contributed by atoms with E-state index in [2.05, 4.69) is 5.32 Å². The zero-order valence-corrected chi connectivity index (χ0v) is 12.0. The first-order chi connectivity index (χ1) is 9.54. The third-order valence-corrected chi connectivity index (χ3v) is 3.38. The Morgan fingerprint density at radius 1 is 1.40 bits per heavy atom. The molecule has 1 fully saturated rings. The van der Waals surface area contributed by atoms with Gasteiger partial charge in [-0.05, 0) is 32.8 Å². The van der Waals surface area contributed by atoms with Gasteiger partial charge in [0, 0.05) is 17.2 Å². The molecule has 20 heavy (non-hydrogen) atoms. The van der Waals surface area contributed by atoms with E-state index in [9.17, 15) is 9.59 Å². The van der Waals surface area contributed by atoms with Crippen LogP contribution in [0.5, 0.6) is 0 Å². The van der Waals surface area contributed by atoms with Crippen molar-refractivity contribution >= 4 is 23.5 Å². The molecule has 0 aliphatic carbocycles. The summed E-state index contributed by atoms with van der Waals surface area (Å²) in [6.45, 7) is 5.88. The number of amides is 2. The highest BCUT2D eigenvalue weighted by Crippen LogP contribution is 2.21. The quantitative estimate of drug-likeness (QED) is 0.827. The minimum atomic E-state index is -0.318. The lowest BCUT2D eigenvalue weighted by atomic mass is 9.91. The maximum atomic E-state index is 12.0. The number of imide groups is 1. The molecule has 1 aliphatic heterocycles. The summed E-state index contributed by atoms with van der Waals surface area (Å²) in [6, 6.07) is 0. The summed E-state index contributed by atoms with van der Waals surface area (Å²) in [5.74, 6) is -0.759. The normalized spacial score (nSPS) is 20.6. The SMILES string of the molecule is C/C=C\C=c1\c(C2CCC(=O)NC2=O)coc1=C(C)C. The lowest BCUT2D eigenvalue weighted by Gasteiger charge is -2.19. The van der Waals surface area contributed by atoms with Crippen molar-refractivity contribution in [3.63, 3.8) is 0 Å². The van der Waals surface area contributed by atoms with Crippen LogP contribution in [0, 0.1) is 0 Å². The molecule has 4 heteroatoms. The van der Waals surface area contributed by atoms with Crippen molar-refractivity contribution in [2.45, 2.75) is 39.5 Å². The fourth-order valence-electron chi connectivity index (χ4n) is 2.39. The van der Waals surface area contributed by atoms with E-state index in [1.54, 1.807) is 6.26 Å². The van der Waals surface area contributed by atoms with Crippen molar-refractivity contribution in [3.8, 4) is 0 Å². The number of hydrogen-bond donors (Lipinski definition) is 1. The van der Waals surface area contributed by atoms with Gasteiger partial charge in [-0.15, -0.1) is 0 Å². The fraction of sp³-hybridized carbons (Fsp3) is 0.375. The third kappa shape index (κ3) is 2.74. The number of carbonyl (C=O) groups is 2. The monoisotopic (exact) mass is 273 g/mol. The smallest absolute Gasteiger partial charge is 0.234 e. The molecule has 4 nitrogen and oxygen atoms in total. The summed E-state index contributed by atoms with van der Waals surface area (Å²) in [7, 11) is 0. The number of carbonyl (C=O) groups excluding carboxylic acids is 2. The van der Waals surface area contributed by atoms with Crippen LogP contribution < -0.4 is 16.0 Å². The van der Waals surface area contributed by atoms with Gasteiger partial charge in [0.05, 0.1) is 12.2 Å². The van der Waals surface area contributed by atoms with Gasteiger partial charge in [-0.2, -0.15) is 0 Å². The Labute approximate surface area is 117 Å². The molecule has 1 saturated heterocycles. The van der Waals surface area contributed by atoms with Crippen LogP contribution in [-0.2, 0) is 9.59 Å². The van der Waals surface area contributed by atoms with Crippen LogP contribution in [-0.4, -0.2) is 11.8 Å². The number of nitrogens with one attached hydrogen (secondary N) is 1. The summed E-state index contributed by atoms with van der Waals surface area (Å²) in [5, 5.41) is 3.32. The minimum Gasteiger partial charge on any atom is -0.464 e. The Morgan fingerprint density at radius 2 is 2.15 bits per heavy atom. The van der Waals surface area contributed by atoms with Crippen molar-refractivity contribution in [3.05, 3.63) is 34.6 Å². The van der Waals surface area contributed by atoms with Crippen LogP contribution in [0.4, 0.5) is 0 Å². The lowest BCUT2D eigenvalue weighted by Crippen LogP contribution is -2.41. The number of allylic oxidation sites excluding steroid dienone is 2. The molecular weight excluding hydrogens is 254 g/mol. The maximum absolute atomic E-state index is 12.0. The number of furan rings is 1. The molecule has 2 amide bonds. The van der Waals surface area contributed by atoms with Crippen molar-refractivity contribution in [1.29, 1.82) is 0 Å². The molecule has 1 unspecified atom stereocenters. The highest BCUT2D eigenvalue weighted by Gasteiger charge is 2.29. The average Bonchev–Trinajstić information content (AvgIpc) is 2.80. The van der Waals surface area contributed by atoms with E-state index >= 15 is 0 Å². The van der Waals surface area contributed by atoms with Crippen LogP contribution in [0.15, 0.2) is 22.8 Å². The Balaban J connectivity index is 2.56. The summed E-state index contributed by atoms with van der Waals surface area (Å²) >= 11 is 0. The van der Waals surface area contributed by atoms with Crippen LogP contribution in [0.25, 0.3) is 11.6 Å². The molecule has 1 aromatic rings. The van der Waals surface area contributed by atoms with Crippen molar-refractivity contribution in [2.24, 2.45) is 0 Å². The first-order valence-electron chi connectivity index (χ1n) is 6.76. The van der Waals surface area contributed by atoms with Gasteiger partial charge in [0.2, 0.25) is 11.8 Å². The summed E-state index contributed by atoms with van der Waals surface area (Å²) in [5.41, 5.74) is 2.70. The van der Waals surface area contributed by atoms with Crippen LogP contribution >= 0.6 is 0 Å². The van der Waals surface area contributed by atoms with Gasteiger partial charge in [-0.1, -0.05) is 18.2 Å². The van der Waals surface area contributed by atoms with E-state index < -0.39 is 0 Å². The second-order valence-electron chi connectivity index (χ2n) is 5.13. The molecule has 1 atom stereocenters. The minimum absolute atomic E-state index is 0.202. The van der Waals surface area contributed by atoms with Gasteiger partial charge in [0.25, 0.3) is 0 Å². The van der Waals surface area contributed by atoms with Gasteiger partial charge >= 0.3 is 0 Å². The number of piperidine rings is 1. The average molecular weight is 273 g/mol. The summed E-state index contributed by atoms with van der Waals surface area (Å²) in [6.07, 6.45) is 8.34. The standard InChI is InChI=1S/C16H19NO3/c1-4-5-6-11-13(9-20-15(11)10(2)3)12-7-8-14(18)17-16(12)19/h4-6,9,12H,7-8H2,1-3H3,(H,17,18,19)/b5-4-,11-6-. The second kappa shape index (κ2) is 5.90. The van der Waals surface area contributed by atoms with Crippen molar-refractivity contribution in [2.75, 3.05) is 0 Å². The van der Waals surface area contributed by atoms with Crippen LogP contribution in [0.2, 0.25) is 0 Å². The summed E-state index contributed by atoms with van der Waals surface area (Å²) < 4.78 is 5.62. The molecule has 0 spiro atoms. The van der Waals surface area contributed by atoms with Gasteiger partial charge in [0.15, 0.2) is 0 Å². The third-order valence-electron chi connectivity index (χ3n) is 3.38. The van der Waals surface area contributed by atoms with E-state index in [1.807, 2.05) is 39.0 Å². The first-order valence-corrected chi connectivity index (χ1v) is 6.76. The van der Waals surface area contributed by atoms with E-state index in [-0.39, 0.29) is 17.7 Å². The van der Waals surface area contributed by atoms with E-state index in [4.69, 9.17) is 4.42 Å². The van der Waals surface area contributed by atoms with Gasteiger partial charge in [0.1, 0.15) is 5.42 Å². The summed E-state index contributed by atoms with van der Waals surface area (Å²) in [4.78, 5) is 23.2. The molecule has 106 valence electrons.